The van der Waals surface area contributed by atoms with Crippen LogP contribution in [0.3, 0.4) is 0 Å². The Morgan fingerprint density at radius 2 is 2.17 bits per heavy atom. The molecule has 148 valence electrons. The number of aromatic amines is 1. The maximum Gasteiger partial charge on any atom is 0.247 e. The molecule has 0 aliphatic carbocycles. The molecule has 0 aromatic carbocycles. The molecule has 1 saturated heterocycles. The van der Waals surface area contributed by atoms with Crippen molar-refractivity contribution in [3.8, 4) is 0 Å². The second-order valence-corrected chi connectivity index (χ2v) is 7.10. The highest BCUT2D eigenvalue weighted by atomic mass is 16.2. The monoisotopic (exact) mass is 389 g/mol. The Kier molecular flexibility index (Phi) is 5.33. The number of likely N-dealkylation sites (tertiary alicyclic amines) is 1. The molecule has 0 spiro atoms. The highest BCUT2D eigenvalue weighted by molar-refractivity contribution is 5.92. The van der Waals surface area contributed by atoms with Crippen LogP contribution in [-0.2, 0) is 4.79 Å². The third-order valence-corrected chi connectivity index (χ3v) is 4.80. The predicted octanol–water partition coefficient (Wildman–Crippen LogP) is 3.33. The summed E-state index contributed by atoms with van der Waals surface area (Å²) in [6, 6.07) is 7.51. The first-order chi connectivity index (χ1) is 14.1. The van der Waals surface area contributed by atoms with E-state index in [9.17, 15) is 4.79 Å². The van der Waals surface area contributed by atoms with Crippen molar-refractivity contribution in [1.82, 2.24) is 30.0 Å². The van der Waals surface area contributed by atoms with E-state index in [1.54, 1.807) is 24.5 Å². The van der Waals surface area contributed by atoms with Gasteiger partial charge in [0.05, 0.1) is 11.7 Å². The molecule has 29 heavy (non-hydrogen) atoms. The highest BCUT2D eigenvalue weighted by Gasteiger charge is 2.30. The predicted molar refractivity (Wildman–Crippen MR) is 110 cm³/mol. The fourth-order valence-electron chi connectivity index (χ4n) is 3.51. The van der Waals surface area contributed by atoms with Crippen molar-refractivity contribution in [1.29, 1.82) is 0 Å². The fraction of sp³-hybridized carbons (Fsp3) is 0.286. The minimum absolute atomic E-state index is 0.0231. The summed E-state index contributed by atoms with van der Waals surface area (Å²) in [5, 5.41) is 10.3. The van der Waals surface area contributed by atoms with Crippen LogP contribution in [0.2, 0.25) is 0 Å². The fourth-order valence-corrected chi connectivity index (χ4v) is 3.51. The summed E-state index contributed by atoms with van der Waals surface area (Å²) in [6.07, 6.45) is 8.67. The number of nitrogens with one attached hydrogen (secondary N) is 2. The molecule has 8 nitrogen and oxygen atoms in total. The number of H-pyrrole nitrogens is 1. The van der Waals surface area contributed by atoms with Crippen LogP contribution in [-0.4, -0.2) is 42.5 Å². The van der Waals surface area contributed by atoms with Gasteiger partial charge in [-0.05, 0) is 44.4 Å². The van der Waals surface area contributed by atoms with Gasteiger partial charge in [-0.1, -0.05) is 6.07 Å². The van der Waals surface area contributed by atoms with Gasteiger partial charge in [-0.15, -0.1) is 0 Å². The summed E-state index contributed by atoms with van der Waals surface area (Å²) in [4.78, 5) is 27.8. The zero-order chi connectivity index (χ0) is 20.2. The maximum absolute atomic E-state index is 12.8. The van der Waals surface area contributed by atoms with Crippen molar-refractivity contribution < 1.29 is 4.79 Å². The Hall–Kier alpha value is -3.55. The number of rotatable bonds is 5. The van der Waals surface area contributed by atoms with Crippen molar-refractivity contribution in [3.63, 3.8) is 0 Å². The average molecular weight is 389 g/mol. The van der Waals surface area contributed by atoms with Crippen molar-refractivity contribution in [2.75, 3.05) is 11.9 Å². The lowest BCUT2D eigenvalue weighted by molar-refractivity contribution is -0.126. The number of anilines is 2. The van der Waals surface area contributed by atoms with E-state index in [0.29, 0.717) is 24.0 Å². The van der Waals surface area contributed by atoms with Crippen LogP contribution in [0.25, 0.3) is 6.08 Å². The van der Waals surface area contributed by atoms with Crippen LogP contribution >= 0.6 is 0 Å². The Balaban J connectivity index is 1.53. The van der Waals surface area contributed by atoms with Gasteiger partial charge in [0.15, 0.2) is 5.82 Å². The third kappa shape index (κ3) is 4.48. The lowest BCUT2D eigenvalue weighted by atomic mass is 10.1. The number of hydrogen-bond acceptors (Lipinski definition) is 6. The maximum atomic E-state index is 12.8. The largest absolute Gasteiger partial charge is 0.331 e. The lowest BCUT2D eigenvalue weighted by Gasteiger charge is -2.23. The van der Waals surface area contributed by atoms with Crippen LogP contribution < -0.4 is 5.32 Å². The van der Waals surface area contributed by atoms with Crippen molar-refractivity contribution in [2.24, 2.45) is 0 Å². The van der Waals surface area contributed by atoms with E-state index in [4.69, 9.17) is 0 Å². The molecule has 4 heterocycles. The average Bonchev–Trinajstić information content (AvgIpc) is 3.36. The van der Waals surface area contributed by atoms with E-state index in [-0.39, 0.29) is 11.9 Å². The van der Waals surface area contributed by atoms with E-state index < -0.39 is 0 Å². The van der Waals surface area contributed by atoms with Crippen molar-refractivity contribution in [2.45, 2.75) is 32.7 Å². The SMILES string of the molecule is Cc1nc(Nc2cc(C)[nH]n2)cc(C2CCCN2C(=O)C=Cc2cccnc2)n1. The Morgan fingerprint density at radius 3 is 2.93 bits per heavy atom. The summed E-state index contributed by atoms with van der Waals surface area (Å²) in [5.41, 5.74) is 2.70. The van der Waals surface area contributed by atoms with Gasteiger partial charge in [-0.2, -0.15) is 5.10 Å². The first kappa shape index (κ1) is 18.8. The summed E-state index contributed by atoms with van der Waals surface area (Å²) in [7, 11) is 0. The molecule has 2 N–H and O–H groups in total. The van der Waals surface area contributed by atoms with Crippen molar-refractivity contribution in [3.05, 3.63) is 65.5 Å². The van der Waals surface area contributed by atoms with Gasteiger partial charge in [0, 0.05) is 42.8 Å². The molecule has 8 heteroatoms. The molecule has 1 amide bonds. The van der Waals surface area contributed by atoms with Gasteiger partial charge < -0.3 is 10.2 Å². The number of carbonyl (C=O) groups excluding carboxylic acids is 1. The van der Waals surface area contributed by atoms with Gasteiger partial charge in [0.25, 0.3) is 0 Å². The topological polar surface area (TPSA) is 99.7 Å². The van der Waals surface area contributed by atoms with E-state index in [2.05, 4.69) is 30.5 Å². The molecule has 1 fully saturated rings. The van der Waals surface area contributed by atoms with E-state index >= 15 is 0 Å². The van der Waals surface area contributed by atoms with Gasteiger partial charge in [0.2, 0.25) is 5.91 Å². The van der Waals surface area contributed by atoms with E-state index in [0.717, 1.165) is 29.8 Å². The van der Waals surface area contributed by atoms with Gasteiger partial charge in [-0.3, -0.25) is 14.9 Å². The summed E-state index contributed by atoms with van der Waals surface area (Å²) >= 11 is 0. The summed E-state index contributed by atoms with van der Waals surface area (Å²) < 4.78 is 0. The Bertz CT molecular complexity index is 1030. The minimum Gasteiger partial charge on any atom is -0.331 e. The van der Waals surface area contributed by atoms with Crippen LogP contribution in [0.4, 0.5) is 11.6 Å². The second-order valence-electron chi connectivity index (χ2n) is 7.10. The number of nitrogens with zero attached hydrogens (tertiary/aromatic N) is 5. The Labute approximate surface area is 169 Å². The van der Waals surface area contributed by atoms with Crippen LogP contribution in [0, 0.1) is 13.8 Å². The molecule has 1 atom stereocenters. The summed E-state index contributed by atoms with van der Waals surface area (Å²) in [5.74, 6) is 2.00. The van der Waals surface area contributed by atoms with Gasteiger partial charge in [0.1, 0.15) is 11.6 Å². The zero-order valence-electron chi connectivity index (χ0n) is 16.5. The lowest BCUT2D eigenvalue weighted by Crippen LogP contribution is -2.29. The van der Waals surface area contributed by atoms with Crippen LogP contribution in [0.15, 0.2) is 42.7 Å². The molecule has 0 saturated carbocycles. The van der Waals surface area contributed by atoms with Crippen LogP contribution in [0.5, 0.6) is 0 Å². The molecule has 0 bridgehead atoms. The number of hydrogen-bond donors (Lipinski definition) is 2. The van der Waals surface area contributed by atoms with E-state index in [1.165, 1.54) is 0 Å². The highest BCUT2D eigenvalue weighted by Crippen LogP contribution is 2.32. The number of carbonyl (C=O) groups is 1. The molecule has 1 unspecified atom stereocenters. The first-order valence-electron chi connectivity index (χ1n) is 9.62. The molecule has 4 rings (SSSR count). The quantitative estimate of drug-likeness (QED) is 0.649. The molecule has 3 aromatic heterocycles. The number of aromatic nitrogens is 5. The normalized spacial score (nSPS) is 16.5. The zero-order valence-corrected chi connectivity index (χ0v) is 16.5. The number of aryl methyl sites for hydroxylation is 2. The second kappa shape index (κ2) is 8.22. The molecule has 1 aliphatic heterocycles. The molecule has 0 radical (unpaired) electrons. The standard InChI is InChI=1S/C21H23N7O/c1-14-11-20(27-26-14)25-19-12-17(23-15(2)24-19)18-6-4-10-28(18)21(29)8-7-16-5-3-9-22-13-16/h3,5,7-9,11-13,18H,4,6,10H2,1-2H3,(H2,23,24,25,26,27). The number of amides is 1. The number of pyridine rings is 1. The van der Waals surface area contributed by atoms with Gasteiger partial charge >= 0.3 is 0 Å². The molecular formula is C21H23N7O. The first-order valence-corrected chi connectivity index (χ1v) is 9.62. The van der Waals surface area contributed by atoms with Crippen molar-refractivity contribution >= 4 is 23.6 Å². The molecule has 3 aromatic rings. The Morgan fingerprint density at radius 1 is 1.28 bits per heavy atom. The summed E-state index contributed by atoms with van der Waals surface area (Å²) in [6.45, 7) is 4.51. The molecule has 1 aliphatic rings. The van der Waals surface area contributed by atoms with Gasteiger partial charge in [-0.25, -0.2) is 9.97 Å². The van der Waals surface area contributed by atoms with Crippen LogP contribution in [0.1, 0.15) is 41.7 Å². The molecular weight excluding hydrogens is 366 g/mol. The smallest absolute Gasteiger partial charge is 0.247 e. The third-order valence-electron chi connectivity index (χ3n) is 4.80. The minimum atomic E-state index is -0.0655. The van der Waals surface area contributed by atoms with E-state index in [1.807, 2.05) is 43.0 Å².